The Morgan fingerprint density at radius 2 is 1.50 bits per heavy atom. The molecule has 54 heavy (non-hydrogen) atoms. The zero-order valence-corrected chi connectivity index (χ0v) is 31.2. The van der Waals surface area contributed by atoms with Gasteiger partial charge < -0.3 is 26.2 Å². The summed E-state index contributed by atoms with van der Waals surface area (Å²) in [6, 6.07) is 12.4. The summed E-state index contributed by atoms with van der Waals surface area (Å²) < 4.78 is 66.4. The zero-order valence-electron chi connectivity index (χ0n) is 27.7. The SMILES string of the molecule is Cc1cc(S(=O)(=O)O)c2ccc(N=NC3C=CC(c4ccc(N=Nc5c(C)nn(-c6ccc(S(=O)(=O)O)cc6)c5O)c(O)c4)=CC3O)c(O)c2c1N.[Cu].[Cu]. The topological polar surface area (TPSA) is 283 Å². The molecule has 8 N–H and O–H groups in total. The van der Waals surface area contributed by atoms with Crippen molar-refractivity contribution in [3.05, 3.63) is 95.7 Å². The molecule has 1 heterocycles. The number of rotatable bonds is 8. The number of nitrogens with zero attached hydrogens (tertiary/aromatic N) is 6. The van der Waals surface area contributed by atoms with Crippen LogP contribution < -0.4 is 5.73 Å². The molecule has 17 nitrogen and oxygen atoms in total. The number of aliphatic hydroxyl groups excluding tert-OH is 1. The fourth-order valence-corrected chi connectivity index (χ4v) is 6.69. The number of hydrogen-bond donors (Lipinski definition) is 7. The minimum atomic E-state index is -4.62. The number of fused-ring (bicyclic) bond motifs is 1. The summed E-state index contributed by atoms with van der Waals surface area (Å²) in [5, 5.41) is 63.6. The van der Waals surface area contributed by atoms with E-state index in [0.717, 1.165) is 16.8 Å². The van der Waals surface area contributed by atoms with Crippen LogP contribution >= 0.6 is 0 Å². The first-order chi connectivity index (χ1) is 24.4. The molecule has 5 aromatic rings. The van der Waals surface area contributed by atoms with Gasteiger partial charge in [0, 0.05) is 45.2 Å². The van der Waals surface area contributed by atoms with E-state index in [1.165, 1.54) is 55.5 Å². The summed E-state index contributed by atoms with van der Waals surface area (Å²) in [6.45, 7) is 3.08. The van der Waals surface area contributed by atoms with Gasteiger partial charge in [-0.25, -0.2) is 0 Å². The van der Waals surface area contributed by atoms with E-state index in [4.69, 9.17) is 5.73 Å². The van der Waals surface area contributed by atoms with Crippen LogP contribution in [-0.2, 0) is 54.4 Å². The van der Waals surface area contributed by atoms with Gasteiger partial charge in [-0.3, -0.25) is 9.11 Å². The van der Waals surface area contributed by atoms with Gasteiger partial charge in [-0.05, 0) is 85.2 Å². The standard InChI is InChI=1S/C33H29N7O10S2.2Cu/c1-16-13-28(52(48,49)50)22-9-12-25(32(43)29(22)30(16)34)37-35-23-10-3-18(14-26(23)41)19-4-11-24(27(42)15-19)36-38-31-17(2)39-40(33(31)44)20-5-7-21(8-6-20)51(45,46)47;;/h3-15,23,26,41-44H,34H2,1-2H3,(H,45,46,47)(H,48,49,50);;. The van der Waals surface area contributed by atoms with Crippen LogP contribution in [0, 0.1) is 13.8 Å². The number of azo groups is 2. The molecule has 4 aromatic carbocycles. The van der Waals surface area contributed by atoms with Crippen molar-refractivity contribution in [3.8, 4) is 23.1 Å². The summed E-state index contributed by atoms with van der Waals surface area (Å²) in [7, 11) is -9.03. The summed E-state index contributed by atoms with van der Waals surface area (Å²) in [4.78, 5) is -0.758. The van der Waals surface area contributed by atoms with Gasteiger partial charge in [0.1, 0.15) is 34.2 Å². The molecule has 0 spiro atoms. The van der Waals surface area contributed by atoms with Crippen LogP contribution in [0.25, 0.3) is 22.0 Å². The average Bonchev–Trinajstić information content (AvgIpc) is 3.37. The molecule has 1 aliphatic carbocycles. The zero-order chi connectivity index (χ0) is 37.7. The largest absolute Gasteiger partial charge is 0.506 e. The van der Waals surface area contributed by atoms with E-state index in [1.54, 1.807) is 25.1 Å². The van der Waals surface area contributed by atoms with Gasteiger partial charge in [0.15, 0.2) is 11.4 Å². The van der Waals surface area contributed by atoms with Crippen molar-refractivity contribution in [1.82, 2.24) is 9.78 Å². The number of benzene rings is 4. The number of phenolic OH excluding ortho intramolecular Hbond substituents is 2. The predicted octanol–water partition coefficient (Wildman–Crippen LogP) is 5.71. The quantitative estimate of drug-likeness (QED) is 0.0427. The Hall–Kier alpha value is -4.95. The third kappa shape index (κ3) is 8.24. The molecule has 6 rings (SSSR count). The Bertz CT molecular complexity index is 2630. The average molecular weight is 875 g/mol. The summed E-state index contributed by atoms with van der Waals surface area (Å²) in [6.07, 6.45) is 3.52. The van der Waals surface area contributed by atoms with E-state index >= 15 is 0 Å². The maximum Gasteiger partial charge on any atom is 0.295 e. The van der Waals surface area contributed by atoms with Crippen LogP contribution in [-0.4, -0.2) is 68.3 Å². The van der Waals surface area contributed by atoms with Crippen molar-refractivity contribution in [3.63, 3.8) is 0 Å². The number of nitrogens with two attached hydrogens (primary N) is 1. The Morgan fingerprint density at radius 1 is 0.833 bits per heavy atom. The Morgan fingerprint density at radius 3 is 2.11 bits per heavy atom. The second kappa shape index (κ2) is 15.8. The second-order valence-corrected chi connectivity index (χ2v) is 14.5. The normalized spacial score (nSPS) is 16.1. The van der Waals surface area contributed by atoms with E-state index in [1.807, 2.05) is 0 Å². The predicted molar refractivity (Wildman–Crippen MR) is 188 cm³/mol. The van der Waals surface area contributed by atoms with Crippen molar-refractivity contribution in [2.75, 3.05) is 5.73 Å². The van der Waals surface area contributed by atoms with E-state index in [0.29, 0.717) is 16.7 Å². The van der Waals surface area contributed by atoms with Crippen LogP contribution in [0.2, 0.25) is 0 Å². The third-order valence-electron chi connectivity index (χ3n) is 8.16. The number of aliphatic hydroxyl groups is 1. The van der Waals surface area contributed by atoms with Gasteiger partial charge in [0.25, 0.3) is 20.2 Å². The first kappa shape index (κ1) is 41.8. The third-order valence-corrected chi connectivity index (χ3v) is 9.93. The maximum absolute atomic E-state index is 11.9. The number of anilines is 1. The van der Waals surface area contributed by atoms with Crippen LogP contribution in [0.1, 0.15) is 16.8 Å². The Labute approximate surface area is 328 Å². The maximum atomic E-state index is 11.9. The number of aromatic hydroxyl groups is 3. The fraction of sp³-hybridized carbons (Fsp3) is 0.121. The number of aromatic nitrogens is 2. The van der Waals surface area contributed by atoms with Crippen LogP contribution in [0.3, 0.4) is 0 Å². The van der Waals surface area contributed by atoms with E-state index in [-0.39, 0.29) is 89.7 Å². The smallest absolute Gasteiger partial charge is 0.295 e. The van der Waals surface area contributed by atoms with E-state index in [2.05, 4.69) is 25.6 Å². The van der Waals surface area contributed by atoms with Crippen molar-refractivity contribution in [2.24, 2.45) is 20.5 Å². The molecule has 2 atom stereocenters. The second-order valence-electron chi connectivity index (χ2n) is 11.7. The summed E-state index contributed by atoms with van der Waals surface area (Å²) in [5.74, 6) is -1.13. The van der Waals surface area contributed by atoms with Crippen molar-refractivity contribution >= 4 is 59.3 Å². The molecule has 0 saturated carbocycles. The number of nitrogen functional groups attached to an aromatic ring is 1. The molecule has 21 heteroatoms. The molecule has 1 aliphatic rings. The van der Waals surface area contributed by atoms with Gasteiger partial charge >= 0.3 is 0 Å². The molecule has 0 amide bonds. The van der Waals surface area contributed by atoms with Gasteiger partial charge in [0.2, 0.25) is 5.88 Å². The first-order valence-corrected chi connectivity index (χ1v) is 17.9. The molecule has 0 saturated heterocycles. The van der Waals surface area contributed by atoms with Crippen molar-refractivity contribution < 1.29 is 80.5 Å². The molecule has 2 radical (unpaired) electrons. The summed E-state index contributed by atoms with van der Waals surface area (Å²) >= 11 is 0. The molecular formula is C33H29Cu2N7O10S2. The number of aryl methyl sites for hydroxylation is 2. The monoisotopic (exact) mass is 873 g/mol. The number of hydrogen-bond acceptors (Lipinski definition) is 14. The van der Waals surface area contributed by atoms with Crippen molar-refractivity contribution in [1.29, 1.82) is 0 Å². The molecule has 0 bridgehead atoms. The molecule has 1 aromatic heterocycles. The Balaban J connectivity index is 0.00000325. The van der Waals surface area contributed by atoms with Crippen LogP contribution in [0.15, 0.2) is 109 Å². The van der Waals surface area contributed by atoms with Gasteiger partial charge in [0.05, 0.1) is 21.7 Å². The first-order valence-electron chi connectivity index (χ1n) is 15.1. The molecular weight excluding hydrogens is 846 g/mol. The van der Waals surface area contributed by atoms with Gasteiger partial charge in [-0.1, -0.05) is 24.3 Å². The number of allylic oxidation sites excluding steroid dienone is 2. The van der Waals surface area contributed by atoms with Crippen LogP contribution in [0.5, 0.6) is 17.4 Å². The Kier molecular flexibility index (Phi) is 12.2. The number of phenols is 2. The van der Waals surface area contributed by atoms with E-state index in [9.17, 15) is 46.4 Å². The van der Waals surface area contributed by atoms with Gasteiger partial charge in [-0.15, -0.1) is 10.2 Å². The van der Waals surface area contributed by atoms with Gasteiger partial charge in [-0.2, -0.15) is 36.8 Å². The van der Waals surface area contributed by atoms with Crippen molar-refractivity contribution in [2.45, 2.75) is 35.8 Å². The molecule has 0 aliphatic heterocycles. The molecule has 290 valence electrons. The molecule has 0 fully saturated rings. The van der Waals surface area contributed by atoms with E-state index < -0.39 is 48.9 Å². The molecule has 2 unspecified atom stereocenters. The summed E-state index contributed by atoms with van der Waals surface area (Å²) in [5.41, 5.74) is 8.09. The minimum Gasteiger partial charge on any atom is -0.506 e. The fourth-order valence-electron chi connectivity index (χ4n) is 5.44. The minimum absolute atomic E-state index is 0. The van der Waals surface area contributed by atoms with Crippen LogP contribution in [0.4, 0.5) is 22.7 Å².